The maximum atomic E-state index is 12.4. The third kappa shape index (κ3) is 3.74. The lowest BCUT2D eigenvalue weighted by Gasteiger charge is -2.15. The first-order valence-corrected chi connectivity index (χ1v) is 8.48. The zero-order chi connectivity index (χ0) is 16.4. The van der Waals surface area contributed by atoms with Crippen molar-refractivity contribution < 1.29 is 14.0 Å². The van der Waals surface area contributed by atoms with Crippen LogP contribution < -0.4 is 5.32 Å². The van der Waals surface area contributed by atoms with Crippen LogP contribution in [0.4, 0.5) is 5.69 Å². The number of nitrogens with zero attached hydrogens (tertiary/aromatic N) is 1. The van der Waals surface area contributed by atoms with Crippen LogP contribution in [0.1, 0.15) is 17.7 Å². The molecule has 120 valence electrons. The Hall–Kier alpha value is -1.83. The van der Waals surface area contributed by atoms with E-state index < -0.39 is 0 Å². The highest BCUT2D eigenvalue weighted by Crippen LogP contribution is 2.23. The van der Waals surface area contributed by atoms with Gasteiger partial charge in [-0.15, -0.1) is 0 Å². The van der Waals surface area contributed by atoms with E-state index in [4.69, 9.17) is 4.42 Å². The Morgan fingerprint density at radius 3 is 2.96 bits per heavy atom. The second-order valence-corrected chi connectivity index (χ2v) is 6.95. The molecule has 1 aliphatic heterocycles. The van der Waals surface area contributed by atoms with Crippen LogP contribution in [0.3, 0.4) is 0 Å². The summed E-state index contributed by atoms with van der Waals surface area (Å²) in [5, 5.41) is 2.93. The molecule has 0 aliphatic carbocycles. The average molecular weight is 424 g/mol. The maximum absolute atomic E-state index is 12.4. The lowest BCUT2D eigenvalue weighted by Crippen LogP contribution is -2.28. The number of anilines is 1. The third-order valence-corrected chi connectivity index (χ3v) is 4.63. The maximum Gasteiger partial charge on any atom is 0.229 e. The summed E-state index contributed by atoms with van der Waals surface area (Å²) in [6.07, 6.45) is 1.83. The van der Waals surface area contributed by atoms with Crippen molar-refractivity contribution in [1.82, 2.24) is 4.90 Å². The number of aryl methyl sites for hydroxylation is 1. The monoisotopic (exact) mass is 424 g/mol. The van der Waals surface area contributed by atoms with E-state index >= 15 is 0 Å². The molecule has 2 amide bonds. The second kappa shape index (κ2) is 6.74. The van der Waals surface area contributed by atoms with Gasteiger partial charge in [-0.25, -0.2) is 0 Å². The summed E-state index contributed by atoms with van der Waals surface area (Å²) in [6, 6.07) is 9.48. The number of hydrogen-bond acceptors (Lipinski definition) is 3. The highest BCUT2D eigenvalue weighted by Gasteiger charge is 2.34. The van der Waals surface area contributed by atoms with Gasteiger partial charge < -0.3 is 14.6 Å². The molecule has 1 fully saturated rings. The summed E-state index contributed by atoms with van der Waals surface area (Å²) in [5.41, 5.74) is 1.81. The summed E-state index contributed by atoms with van der Waals surface area (Å²) in [7, 11) is 0. The number of halogens is 1. The predicted octanol–water partition coefficient (Wildman–Crippen LogP) is 3.18. The number of amides is 2. The van der Waals surface area contributed by atoms with Crippen LogP contribution in [0.5, 0.6) is 0 Å². The minimum Gasteiger partial charge on any atom is -0.467 e. The number of hydrogen-bond donors (Lipinski definition) is 1. The molecule has 1 aromatic heterocycles. The Morgan fingerprint density at radius 2 is 2.26 bits per heavy atom. The topological polar surface area (TPSA) is 62.6 Å². The van der Waals surface area contributed by atoms with Crippen LogP contribution >= 0.6 is 22.6 Å². The molecule has 5 nitrogen and oxygen atoms in total. The number of rotatable bonds is 4. The van der Waals surface area contributed by atoms with Crippen molar-refractivity contribution in [2.45, 2.75) is 19.9 Å². The SMILES string of the molecule is Cc1cc(I)ccc1NC(=O)C1CC(=O)N(Cc2ccco2)C1. The van der Waals surface area contributed by atoms with Crippen molar-refractivity contribution in [3.05, 3.63) is 51.5 Å². The van der Waals surface area contributed by atoms with Crippen molar-refractivity contribution in [1.29, 1.82) is 0 Å². The smallest absolute Gasteiger partial charge is 0.229 e. The molecule has 1 atom stereocenters. The Morgan fingerprint density at radius 1 is 1.43 bits per heavy atom. The minimum atomic E-state index is -0.323. The van der Waals surface area contributed by atoms with Crippen LogP contribution in [0.15, 0.2) is 41.0 Å². The van der Waals surface area contributed by atoms with Gasteiger partial charge in [0.1, 0.15) is 5.76 Å². The second-order valence-electron chi connectivity index (χ2n) is 5.70. The minimum absolute atomic E-state index is 0.0131. The normalized spacial score (nSPS) is 17.6. The van der Waals surface area contributed by atoms with Gasteiger partial charge in [0.05, 0.1) is 18.7 Å². The summed E-state index contributed by atoms with van der Waals surface area (Å²) in [4.78, 5) is 26.2. The molecule has 6 heteroatoms. The van der Waals surface area contributed by atoms with E-state index in [2.05, 4.69) is 27.9 Å². The molecular formula is C17H17IN2O3. The predicted molar refractivity (Wildman–Crippen MR) is 94.8 cm³/mol. The third-order valence-electron chi connectivity index (χ3n) is 3.96. The first-order valence-electron chi connectivity index (χ1n) is 7.40. The first-order chi connectivity index (χ1) is 11.0. The van der Waals surface area contributed by atoms with E-state index in [1.54, 1.807) is 17.2 Å². The van der Waals surface area contributed by atoms with E-state index in [1.807, 2.05) is 31.2 Å². The fraction of sp³-hybridized carbons (Fsp3) is 0.294. The van der Waals surface area contributed by atoms with Crippen LogP contribution in [0, 0.1) is 16.4 Å². The molecule has 1 N–H and O–H groups in total. The van der Waals surface area contributed by atoms with Crippen molar-refractivity contribution in [2.24, 2.45) is 5.92 Å². The van der Waals surface area contributed by atoms with Crippen molar-refractivity contribution in [3.63, 3.8) is 0 Å². The number of carbonyl (C=O) groups is 2. The molecule has 0 bridgehead atoms. The first kappa shape index (κ1) is 16.0. The standard InChI is InChI=1S/C17H17IN2O3/c1-11-7-13(18)4-5-15(11)19-17(22)12-8-16(21)20(9-12)10-14-3-2-6-23-14/h2-7,12H,8-10H2,1H3,(H,19,22). The number of furan rings is 1. The molecular weight excluding hydrogens is 407 g/mol. The number of likely N-dealkylation sites (tertiary alicyclic amines) is 1. The van der Waals surface area contributed by atoms with E-state index in [1.165, 1.54) is 0 Å². The van der Waals surface area contributed by atoms with Crippen LogP contribution in [-0.4, -0.2) is 23.3 Å². The van der Waals surface area contributed by atoms with Gasteiger partial charge in [0.15, 0.2) is 0 Å². The van der Waals surface area contributed by atoms with Gasteiger partial charge in [-0.3, -0.25) is 9.59 Å². The largest absolute Gasteiger partial charge is 0.467 e. The van der Waals surface area contributed by atoms with Crippen LogP contribution in [-0.2, 0) is 16.1 Å². The van der Waals surface area contributed by atoms with E-state index in [-0.39, 0.29) is 24.2 Å². The fourth-order valence-corrected chi connectivity index (χ4v) is 3.34. The molecule has 2 heterocycles. The van der Waals surface area contributed by atoms with Gasteiger partial charge in [0.2, 0.25) is 11.8 Å². The molecule has 3 rings (SSSR count). The quantitative estimate of drug-likeness (QED) is 0.768. The van der Waals surface area contributed by atoms with Crippen molar-refractivity contribution in [3.8, 4) is 0 Å². The molecule has 23 heavy (non-hydrogen) atoms. The van der Waals surface area contributed by atoms with E-state index in [0.29, 0.717) is 13.1 Å². The van der Waals surface area contributed by atoms with Gasteiger partial charge in [0, 0.05) is 22.2 Å². The summed E-state index contributed by atoms with van der Waals surface area (Å²) in [6.45, 7) is 2.80. The molecule has 0 spiro atoms. The molecule has 0 saturated carbocycles. The molecule has 1 unspecified atom stereocenters. The molecule has 0 radical (unpaired) electrons. The number of benzene rings is 1. The lowest BCUT2D eigenvalue weighted by molar-refractivity contribution is -0.128. The lowest BCUT2D eigenvalue weighted by atomic mass is 10.1. The van der Waals surface area contributed by atoms with Gasteiger partial charge >= 0.3 is 0 Å². The summed E-state index contributed by atoms with van der Waals surface area (Å²) in [5.74, 6) is 0.287. The highest BCUT2D eigenvalue weighted by atomic mass is 127. The van der Waals surface area contributed by atoms with Gasteiger partial charge in [-0.2, -0.15) is 0 Å². The van der Waals surface area contributed by atoms with E-state index in [9.17, 15) is 9.59 Å². The number of nitrogens with one attached hydrogen (secondary N) is 1. The summed E-state index contributed by atoms with van der Waals surface area (Å²) >= 11 is 2.24. The average Bonchev–Trinajstić information content (AvgIpc) is 3.13. The Balaban J connectivity index is 1.63. The Kier molecular flexibility index (Phi) is 4.70. The molecule has 1 aliphatic rings. The summed E-state index contributed by atoms with van der Waals surface area (Å²) < 4.78 is 6.39. The fourth-order valence-electron chi connectivity index (χ4n) is 2.69. The van der Waals surface area contributed by atoms with Crippen LogP contribution in [0.25, 0.3) is 0 Å². The molecule has 1 aromatic carbocycles. The van der Waals surface area contributed by atoms with Crippen molar-refractivity contribution >= 4 is 40.1 Å². The number of carbonyl (C=O) groups excluding carboxylic acids is 2. The van der Waals surface area contributed by atoms with Gasteiger partial charge in [0.25, 0.3) is 0 Å². The Bertz CT molecular complexity index is 727. The zero-order valence-corrected chi connectivity index (χ0v) is 14.9. The Labute approximate surface area is 148 Å². The molecule has 1 saturated heterocycles. The van der Waals surface area contributed by atoms with Gasteiger partial charge in [-0.1, -0.05) is 0 Å². The van der Waals surface area contributed by atoms with Gasteiger partial charge in [-0.05, 0) is 65.4 Å². The van der Waals surface area contributed by atoms with E-state index in [0.717, 1.165) is 20.6 Å². The van der Waals surface area contributed by atoms with Crippen LogP contribution in [0.2, 0.25) is 0 Å². The highest BCUT2D eigenvalue weighted by molar-refractivity contribution is 14.1. The zero-order valence-electron chi connectivity index (χ0n) is 12.7. The van der Waals surface area contributed by atoms with Crippen molar-refractivity contribution in [2.75, 3.05) is 11.9 Å². The molecule has 2 aromatic rings.